The first kappa shape index (κ1) is 20.5. The van der Waals surface area contributed by atoms with E-state index in [4.69, 9.17) is 16.2 Å². The minimum atomic E-state index is -4.91. The van der Waals surface area contributed by atoms with Gasteiger partial charge in [0.2, 0.25) is 5.91 Å². The fourth-order valence-electron chi connectivity index (χ4n) is 2.88. The summed E-state index contributed by atoms with van der Waals surface area (Å²) in [4.78, 5) is 11.1. The van der Waals surface area contributed by atoms with E-state index in [2.05, 4.69) is 0 Å². The van der Waals surface area contributed by atoms with Crippen LogP contribution in [0.25, 0.3) is 0 Å². The SMILES string of the molecule is C[C@@H](OCC1CC(N)(C(N)=O)C1)c1cc(C(F)(F)F)cc(C(F)(F)F)c1. The topological polar surface area (TPSA) is 78.3 Å². The van der Waals surface area contributed by atoms with Crippen molar-refractivity contribution in [1.29, 1.82) is 0 Å². The number of carbonyl (C=O) groups is 1. The first-order chi connectivity index (χ1) is 11.7. The molecule has 1 aliphatic rings. The zero-order chi connectivity index (χ0) is 19.9. The van der Waals surface area contributed by atoms with Crippen LogP contribution in [0, 0.1) is 5.92 Å². The van der Waals surface area contributed by atoms with E-state index in [0.29, 0.717) is 12.1 Å². The summed E-state index contributed by atoms with van der Waals surface area (Å²) in [6.07, 6.45) is -10.3. The number of carbonyl (C=O) groups excluding carboxylic acids is 1. The third kappa shape index (κ3) is 4.47. The van der Waals surface area contributed by atoms with Gasteiger partial charge in [-0.2, -0.15) is 26.3 Å². The smallest absolute Gasteiger partial charge is 0.374 e. The molecule has 2 rings (SSSR count). The summed E-state index contributed by atoms with van der Waals surface area (Å²) in [6.45, 7) is 1.41. The molecule has 4 N–H and O–H groups in total. The normalized spacial score (nSPS) is 24.8. The van der Waals surface area contributed by atoms with Crippen LogP contribution < -0.4 is 11.5 Å². The molecule has 1 atom stereocenters. The number of hydrogen-bond acceptors (Lipinski definition) is 3. The van der Waals surface area contributed by atoms with Crippen LogP contribution in [-0.2, 0) is 21.9 Å². The van der Waals surface area contributed by atoms with Gasteiger partial charge >= 0.3 is 12.4 Å². The zero-order valence-corrected chi connectivity index (χ0v) is 13.7. The van der Waals surface area contributed by atoms with Crippen molar-refractivity contribution in [1.82, 2.24) is 0 Å². The van der Waals surface area contributed by atoms with Crippen molar-refractivity contribution >= 4 is 5.91 Å². The number of nitrogens with two attached hydrogens (primary N) is 2. The van der Waals surface area contributed by atoms with E-state index in [0.717, 1.165) is 0 Å². The lowest BCUT2D eigenvalue weighted by molar-refractivity contribution is -0.143. The molecule has 26 heavy (non-hydrogen) atoms. The standard InChI is InChI=1S/C16H18F6N2O2/c1-8(26-7-9-5-14(24,6-9)13(23)25)10-2-11(15(17,18)19)4-12(3-10)16(20,21)22/h2-4,8-9H,5-7,24H2,1H3,(H2,23,25)/t8-,9?,14?/m1/s1. The van der Waals surface area contributed by atoms with Gasteiger partial charge in [-0.1, -0.05) is 0 Å². The van der Waals surface area contributed by atoms with E-state index in [1.165, 1.54) is 6.92 Å². The quantitative estimate of drug-likeness (QED) is 0.764. The molecule has 146 valence electrons. The van der Waals surface area contributed by atoms with E-state index < -0.39 is 41.0 Å². The molecule has 0 saturated heterocycles. The third-order valence-corrected chi connectivity index (χ3v) is 4.46. The first-order valence-corrected chi connectivity index (χ1v) is 7.72. The Hall–Kier alpha value is -1.81. The lowest BCUT2D eigenvalue weighted by Crippen LogP contribution is -2.61. The molecular weight excluding hydrogens is 366 g/mol. The number of primary amides is 1. The number of halogens is 6. The average molecular weight is 384 g/mol. The Bertz CT molecular complexity index is 648. The maximum Gasteiger partial charge on any atom is 0.416 e. The average Bonchev–Trinajstić information content (AvgIpc) is 2.47. The minimum Gasteiger partial charge on any atom is -0.374 e. The number of ether oxygens (including phenoxy) is 1. The Balaban J connectivity index is 2.11. The molecule has 0 unspecified atom stereocenters. The van der Waals surface area contributed by atoms with Crippen molar-refractivity contribution in [3.05, 3.63) is 34.9 Å². The van der Waals surface area contributed by atoms with Crippen molar-refractivity contribution < 1.29 is 35.9 Å². The number of rotatable bonds is 5. The third-order valence-electron chi connectivity index (χ3n) is 4.46. The molecule has 1 aromatic carbocycles. The summed E-state index contributed by atoms with van der Waals surface area (Å²) in [5, 5.41) is 0. The van der Waals surface area contributed by atoms with Gasteiger partial charge in [-0.15, -0.1) is 0 Å². The molecule has 1 saturated carbocycles. The summed E-state index contributed by atoms with van der Waals surface area (Å²) in [7, 11) is 0. The molecule has 1 aliphatic carbocycles. The Morgan fingerprint density at radius 1 is 1.15 bits per heavy atom. The highest BCUT2D eigenvalue weighted by Crippen LogP contribution is 2.39. The zero-order valence-electron chi connectivity index (χ0n) is 13.7. The van der Waals surface area contributed by atoms with E-state index in [1.54, 1.807) is 0 Å². The molecule has 1 fully saturated rings. The van der Waals surface area contributed by atoms with Crippen molar-refractivity contribution in [3.63, 3.8) is 0 Å². The molecular formula is C16H18F6N2O2. The summed E-state index contributed by atoms with van der Waals surface area (Å²) >= 11 is 0. The van der Waals surface area contributed by atoms with Crippen LogP contribution >= 0.6 is 0 Å². The van der Waals surface area contributed by atoms with Gasteiger partial charge < -0.3 is 16.2 Å². The highest BCUT2D eigenvalue weighted by Gasteiger charge is 2.46. The number of hydrogen-bond donors (Lipinski definition) is 2. The van der Waals surface area contributed by atoms with Gasteiger partial charge in [0.15, 0.2) is 0 Å². The van der Waals surface area contributed by atoms with Gasteiger partial charge in [0.25, 0.3) is 0 Å². The van der Waals surface area contributed by atoms with Crippen LogP contribution in [-0.4, -0.2) is 18.1 Å². The highest BCUT2D eigenvalue weighted by molar-refractivity contribution is 5.85. The molecule has 0 aliphatic heterocycles. The Kier molecular flexibility index (Phi) is 5.31. The maximum absolute atomic E-state index is 12.9. The maximum atomic E-state index is 12.9. The summed E-state index contributed by atoms with van der Waals surface area (Å²) < 4.78 is 82.6. The van der Waals surface area contributed by atoms with Gasteiger partial charge in [-0.3, -0.25) is 4.79 Å². The summed E-state index contributed by atoms with van der Waals surface area (Å²) in [5.74, 6) is -0.794. The first-order valence-electron chi connectivity index (χ1n) is 7.72. The van der Waals surface area contributed by atoms with E-state index >= 15 is 0 Å². The van der Waals surface area contributed by atoms with E-state index in [9.17, 15) is 31.1 Å². The molecule has 0 spiro atoms. The second-order valence-corrected chi connectivity index (χ2v) is 6.61. The number of amides is 1. The molecule has 10 heteroatoms. The van der Waals surface area contributed by atoms with Crippen LogP contribution in [0.4, 0.5) is 26.3 Å². The predicted octanol–water partition coefficient (Wildman–Crippen LogP) is 3.39. The fourth-order valence-corrected chi connectivity index (χ4v) is 2.88. The van der Waals surface area contributed by atoms with Crippen LogP contribution in [0.2, 0.25) is 0 Å². The molecule has 0 radical (unpaired) electrons. The second-order valence-electron chi connectivity index (χ2n) is 6.61. The minimum absolute atomic E-state index is 0.0466. The second kappa shape index (κ2) is 6.73. The van der Waals surface area contributed by atoms with Crippen LogP contribution in [0.5, 0.6) is 0 Å². The largest absolute Gasteiger partial charge is 0.416 e. The Morgan fingerprint density at radius 2 is 1.62 bits per heavy atom. The summed E-state index contributed by atoms with van der Waals surface area (Å²) in [5.41, 5.74) is 6.70. The highest BCUT2D eigenvalue weighted by atomic mass is 19.4. The van der Waals surface area contributed by atoms with Crippen LogP contribution in [0.15, 0.2) is 18.2 Å². The van der Waals surface area contributed by atoms with Crippen LogP contribution in [0.1, 0.15) is 42.6 Å². The molecule has 4 nitrogen and oxygen atoms in total. The van der Waals surface area contributed by atoms with Crippen molar-refractivity contribution in [3.8, 4) is 0 Å². The van der Waals surface area contributed by atoms with Crippen molar-refractivity contribution in [2.45, 2.75) is 43.8 Å². The predicted molar refractivity (Wildman–Crippen MR) is 79.6 cm³/mol. The van der Waals surface area contributed by atoms with Gasteiger partial charge in [0.1, 0.15) is 0 Å². The monoisotopic (exact) mass is 384 g/mol. The molecule has 0 heterocycles. The lowest BCUT2D eigenvalue weighted by Gasteiger charge is -2.42. The van der Waals surface area contributed by atoms with Gasteiger partial charge in [-0.25, -0.2) is 0 Å². The van der Waals surface area contributed by atoms with Gasteiger partial charge in [0.05, 0.1) is 29.4 Å². The van der Waals surface area contributed by atoms with E-state index in [1.807, 2.05) is 0 Å². The van der Waals surface area contributed by atoms with Gasteiger partial charge in [-0.05, 0) is 49.4 Å². The Labute approximate surface area is 145 Å². The lowest BCUT2D eigenvalue weighted by atomic mass is 9.69. The van der Waals surface area contributed by atoms with Crippen LogP contribution in [0.3, 0.4) is 0 Å². The molecule has 1 amide bonds. The molecule has 1 aromatic rings. The van der Waals surface area contributed by atoms with E-state index in [-0.39, 0.29) is 37.0 Å². The fraction of sp³-hybridized carbons (Fsp3) is 0.562. The molecule has 0 aromatic heterocycles. The van der Waals surface area contributed by atoms with Gasteiger partial charge in [0, 0.05) is 0 Å². The van der Waals surface area contributed by atoms with Crippen molar-refractivity contribution in [2.75, 3.05) is 6.61 Å². The number of alkyl halides is 6. The summed E-state index contributed by atoms with van der Waals surface area (Å²) in [6, 6.07) is 1.34. The Morgan fingerprint density at radius 3 is 2.00 bits per heavy atom. The molecule has 0 bridgehead atoms. The van der Waals surface area contributed by atoms with Crippen molar-refractivity contribution in [2.24, 2.45) is 17.4 Å². The number of benzene rings is 1.